The molecule has 0 spiro atoms. The maximum atomic E-state index is 12.3. The first-order chi connectivity index (χ1) is 10.3. The van der Waals surface area contributed by atoms with Crippen LogP contribution in [0.25, 0.3) is 0 Å². The highest BCUT2D eigenvalue weighted by molar-refractivity contribution is 5.96. The van der Waals surface area contributed by atoms with E-state index in [1.807, 2.05) is 13.8 Å². The Morgan fingerprint density at radius 3 is 2.59 bits per heavy atom. The first-order valence-electron chi connectivity index (χ1n) is 6.88. The van der Waals surface area contributed by atoms with Gasteiger partial charge in [0, 0.05) is 5.92 Å². The number of amides is 1. The standard InChI is InChI=1S/C15H18N2O5/c1-7(2)13-12(8(3)17-22-13)14(18)16-6-10-5-11(15(19)20)9(4)21-10/h5,7H,6H2,1-4H3,(H,16,18)(H,19,20). The third-order valence-electron chi connectivity index (χ3n) is 3.26. The summed E-state index contributed by atoms with van der Waals surface area (Å²) in [5, 5.41) is 15.5. The van der Waals surface area contributed by atoms with Crippen molar-refractivity contribution in [1.29, 1.82) is 0 Å². The van der Waals surface area contributed by atoms with Gasteiger partial charge in [0.05, 0.1) is 12.2 Å². The number of rotatable bonds is 5. The smallest absolute Gasteiger partial charge is 0.339 e. The van der Waals surface area contributed by atoms with Gasteiger partial charge in [-0.3, -0.25) is 4.79 Å². The van der Waals surface area contributed by atoms with E-state index in [9.17, 15) is 9.59 Å². The van der Waals surface area contributed by atoms with Crippen molar-refractivity contribution in [1.82, 2.24) is 10.5 Å². The van der Waals surface area contributed by atoms with Crippen LogP contribution in [0.2, 0.25) is 0 Å². The highest BCUT2D eigenvalue weighted by atomic mass is 16.5. The number of furan rings is 1. The minimum absolute atomic E-state index is 0.0337. The van der Waals surface area contributed by atoms with Crippen LogP contribution in [0.1, 0.15) is 63.5 Å². The van der Waals surface area contributed by atoms with Crippen molar-refractivity contribution < 1.29 is 23.6 Å². The molecule has 118 valence electrons. The highest BCUT2D eigenvalue weighted by Gasteiger charge is 2.23. The molecule has 2 aromatic rings. The Labute approximate surface area is 127 Å². The predicted molar refractivity (Wildman–Crippen MR) is 76.9 cm³/mol. The molecule has 0 atom stereocenters. The number of nitrogens with one attached hydrogen (secondary N) is 1. The zero-order valence-electron chi connectivity index (χ0n) is 12.9. The van der Waals surface area contributed by atoms with Crippen LogP contribution in [0.5, 0.6) is 0 Å². The van der Waals surface area contributed by atoms with E-state index < -0.39 is 5.97 Å². The van der Waals surface area contributed by atoms with E-state index in [0.717, 1.165) is 0 Å². The molecule has 0 radical (unpaired) electrons. The van der Waals surface area contributed by atoms with Crippen molar-refractivity contribution in [3.63, 3.8) is 0 Å². The van der Waals surface area contributed by atoms with Gasteiger partial charge in [-0.05, 0) is 19.9 Å². The molecule has 0 aliphatic carbocycles. The molecule has 2 aromatic heterocycles. The number of hydrogen-bond donors (Lipinski definition) is 2. The molecular formula is C15H18N2O5. The summed E-state index contributed by atoms with van der Waals surface area (Å²) < 4.78 is 10.5. The molecule has 0 aromatic carbocycles. The lowest BCUT2D eigenvalue weighted by atomic mass is 10.0. The van der Waals surface area contributed by atoms with Gasteiger partial charge in [-0.1, -0.05) is 19.0 Å². The first kappa shape index (κ1) is 15.8. The molecule has 0 unspecified atom stereocenters. The molecule has 2 N–H and O–H groups in total. The Morgan fingerprint density at radius 1 is 1.36 bits per heavy atom. The van der Waals surface area contributed by atoms with E-state index in [1.54, 1.807) is 13.8 Å². The van der Waals surface area contributed by atoms with Crippen LogP contribution in [0.3, 0.4) is 0 Å². The Kier molecular flexibility index (Phi) is 4.35. The van der Waals surface area contributed by atoms with E-state index >= 15 is 0 Å². The molecule has 1 amide bonds. The number of nitrogens with zero attached hydrogens (tertiary/aromatic N) is 1. The van der Waals surface area contributed by atoms with Crippen LogP contribution < -0.4 is 5.32 Å². The molecule has 7 heteroatoms. The molecule has 7 nitrogen and oxygen atoms in total. The fourth-order valence-corrected chi connectivity index (χ4v) is 2.16. The molecule has 2 rings (SSSR count). The summed E-state index contributed by atoms with van der Waals surface area (Å²) in [6.07, 6.45) is 0. The van der Waals surface area contributed by atoms with E-state index in [2.05, 4.69) is 10.5 Å². The van der Waals surface area contributed by atoms with Gasteiger partial charge in [0.15, 0.2) is 5.76 Å². The third kappa shape index (κ3) is 3.03. The molecule has 0 aliphatic rings. The average molecular weight is 306 g/mol. The average Bonchev–Trinajstić information content (AvgIpc) is 2.99. The van der Waals surface area contributed by atoms with E-state index in [1.165, 1.54) is 6.07 Å². The van der Waals surface area contributed by atoms with Crippen LogP contribution in [0, 0.1) is 13.8 Å². The fourth-order valence-electron chi connectivity index (χ4n) is 2.16. The van der Waals surface area contributed by atoms with E-state index in [0.29, 0.717) is 28.5 Å². The molecule has 0 saturated heterocycles. The molecule has 0 bridgehead atoms. The van der Waals surface area contributed by atoms with Crippen molar-refractivity contribution in [3.8, 4) is 0 Å². The van der Waals surface area contributed by atoms with Crippen LogP contribution in [-0.4, -0.2) is 22.1 Å². The maximum Gasteiger partial charge on any atom is 0.339 e. The van der Waals surface area contributed by atoms with Gasteiger partial charge in [0.1, 0.15) is 22.6 Å². The van der Waals surface area contributed by atoms with Gasteiger partial charge in [0.25, 0.3) is 5.91 Å². The van der Waals surface area contributed by atoms with Crippen LogP contribution in [0.15, 0.2) is 15.0 Å². The van der Waals surface area contributed by atoms with Gasteiger partial charge in [-0.2, -0.15) is 0 Å². The number of carboxylic acid groups (broad SMARTS) is 1. The second-order valence-corrected chi connectivity index (χ2v) is 5.33. The Balaban J connectivity index is 2.12. The second-order valence-electron chi connectivity index (χ2n) is 5.33. The van der Waals surface area contributed by atoms with Crippen molar-refractivity contribution in [3.05, 3.63) is 40.2 Å². The second kappa shape index (κ2) is 6.05. The molecule has 0 aliphatic heterocycles. The van der Waals surface area contributed by atoms with Gasteiger partial charge in [-0.15, -0.1) is 0 Å². The normalized spacial score (nSPS) is 11.0. The first-order valence-corrected chi connectivity index (χ1v) is 6.88. The minimum atomic E-state index is -1.06. The third-order valence-corrected chi connectivity index (χ3v) is 3.26. The lowest BCUT2D eigenvalue weighted by Gasteiger charge is -2.05. The molecular weight excluding hydrogens is 288 g/mol. The summed E-state index contributed by atoms with van der Waals surface area (Å²) in [6.45, 7) is 7.17. The Morgan fingerprint density at radius 2 is 2.05 bits per heavy atom. The van der Waals surface area contributed by atoms with Crippen molar-refractivity contribution in [2.24, 2.45) is 0 Å². The number of carboxylic acids is 1. The Hall–Kier alpha value is -2.57. The summed E-state index contributed by atoms with van der Waals surface area (Å²) in [5.74, 6) is -0.142. The molecule has 22 heavy (non-hydrogen) atoms. The number of carbonyl (C=O) groups is 2. The number of carbonyl (C=O) groups excluding carboxylic acids is 1. The largest absolute Gasteiger partial charge is 0.478 e. The zero-order chi connectivity index (χ0) is 16.4. The number of aromatic carboxylic acids is 1. The summed E-state index contributed by atoms with van der Waals surface area (Å²) in [4.78, 5) is 23.2. The quantitative estimate of drug-likeness (QED) is 0.879. The van der Waals surface area contributed by atoms with Crippen molar-refractivity contribution >= 4 is 11.9 Å². The SMILES string of the molecule is Cc1noc(C(C)C)c1C(=O)NCc1cc(C(=O)O)c(C)o1. The summed E-state index contributed by atoms with van der Waals surface area (Å²) in [6, 6.07) is 1.40. The van der Waals surface area contributed by atoms with Crippen LogP contribution >= 0.6 is 0 Å². The Bertz CT molecular complexity index is 712. The van der Waals surface area contributed by atoms with Gasteiger partial charge < -0.3 is 19.4 Å². The van der Waals surface area contributed by atoms with Crippen LogP contribution in [0.4, 0.5) is 0 Å². The molecule has 0 fully saturated rings. The lowest BCUT2D eigenvalue weighted by molar-refractivity contribution is 0.0694. The summed E-state index contributed by atoms with van der Waals surface area (Å²) in [5.41, 5.74) is 1.02. The lowest BCUT2D eigenvalue weighted by Crippen LogP contribution is -2.24. The monoisotopic (exact) mass is 306 g/mol. The minimum Gasteiger partial charge on any atom is -0.478 e. The molecule has 0 saturated carbocycles. The summed E-state index contributed by atoms with van der Waals surface area (Å²) >= 11 is 0. The zero-order valence-corrected chi connectivity index (χ0v) is 12.9. The van der Waals surface area contributed by atoms with Crippen molar-refractivity contribution in [2.75, 3.05) is 0 Å². The van der Waals surface area contributed by atoms with Gasteiger partial charge >= 0.3 is 5.97 Å². The maximum absolute atomic E-state index is 12.3. The molecule has 2 heterocycles. The summed E-state index contributed by atoms with van der Waals surface area (Å²) in [7, 11) is 0. The van der Waals surface area contributed by atoms with Crippen molar-refractivity contribution in [2.45, 2.75) is 40.2 Å². The topological polar surface area (TPSA) is 106 Å². The highest BCUT2D eigenvalue weighted by Crippen LogP contribution is 2.22. The van der Waals surface area contributed by atoms with Gasteiger partial charge in [-0.25, -0.2) is 4.79 Å². The fraction of sp³-hybridized carbons (Fsp3) is 0.400. The number of aromatic nitrogens is 1. The number of hydrogen-bond acceptors (Lipinski definition) is 5. The van der Waals surface area contributed by atoms with Gasteiger partial charge in [0.2, 0.25) is 0 Å². The number of aryl methyl sites for hydroxylation is 2. The van der Waals surface area contributed by atoms with E-state index in [4.69, 9.17) is 14.0 Å². The van der Waals surface area contributed by atoms with Crippen LogP contribution in [-0.2, 0) is 6.54 Å². The van der Waals surface area contributed by atoms with E-state index in [-0.39, 0.29) is 23.9 Å². The predicted octanol–water partition coefficient (Wildman–Crippen LogP) is 2.64.